The third-order valence-electron chi connectivity index (χ3n) is 3.64. The van der Waals surface area contributed by atoms with Crippen molar-refractivity contribution in [3.05, 3.63) is 35.9 Å². The smallest absolute Gasteiger partial charge is 0.326 e. The molecule has 0 saturated carbocycles. The molecule has 1 aromatic carbocycles. The molecule has 0 fully saturated rings. The van der Waals surface area contributed by atoms with Crippen molar-refractivity contribution in [2.45, 2.75) is 52.1 Å². The number of rotatable bonds is 9. The Morgan fingerprint density at radius 2 is 1.71 bits per heavy atom. The first-order valence-corrected chi connectivity index (χ1v) is 8.21. The van der Waals surface area contributed by atoms with Crippen LogP contribution in [-0.4, -0.2) is 35.0 Å². The fraction of sp³-hybridized carbons (Fsp3) is 0.500. The van der Waals surface area contributed by atoms with Crippen molar-refractivity contribution in [3.8, 4) is 0 Å². The van der Waals surface area contributed by atoms with Gasteiger partial charge in [-0.2, -0.15) is 0 Å². The molecular formula is C18H26N2O4. The predicted octanol–water partition coefficient (Wildman–Crippen LogP) is 1.74. The number of carboxylic acids is 1. The second kappa shape index (κ2) is 9.70. The van der Waals surface area contributed by atoms with Crippen molar-refractivity contribution in [2.75, 3.05) is 0 Å². The van der Waals surface area contributed by atoms with Gasteiger partial charge in [0.25, 0.3) is 0 Å². The topological polar surface area (TPSA) is 95.5 Å². The average Bonchev–Trinajstić information content (AvgIpc) is 2.52. The Bertz CT molecular complexity index is 557. The summed E-state index contributed by atoms with van der Waals surface area (Å²) < 4.78 is 0. The fourth-order valence-corrected chi connectivity index (χ4v) is 2.32. The number of hydrogen-bond donors (Lipinski definition) is 3. The molecule has 2 atom stereocenters. The van der Waals surface area contributed by atoms with Gasteiger partial charge in [-0.05, 0) is 17.9 Å². The van der Waals surface area contributed by atoms with E-state index in [1.165, 1.54) is 0 Å². The third-order valence-corrected chi connectivity index (χ3v) is 3.64. The van der Waals surface area contributed by atoms with E-state index in [4.69, 9.17) is 0 Å². The minimum Gasteiger partial charge on any atom is -0.480 e. The molecule has 0 aliphatic heterocycles. The van der Waals surface area contributed by atoms with Gasteiger partial charge in [-0.25, -0.2) is 4.79 Å². The minimum atomic E-state index is -1.10. The monoisotopic (exact) mass is 334 g/mol. The van der Waals surface area contributed by atoms with Crippen LogP contribution in [0.4, 0.5) is 0 Å². The lowest BCUT2D eigenvalue weighted by Gasteiger charge is -2.24. The van der Waals surface area contributed by atoms with Crippen LogP contribution in [0.2, 0.25) is 0 Å². The SMILES string of the molecule is CCCC(=O)NC(C(=O)NC(Cc1ccccc1)C(=O)O)C(C)C. The highest BCUT2D eigenvalue weighted by molar-refractivity contribution is 5.90. The Morgan fingerprint density at radius 3 is 2.21 bits per heavy atom. The predicted molar refractivity (Wildman–Crippen MR) is 91.4 cm³/mol. The van der Waals surface area contributed by atoms with Gasteiger partial charge >= 0.3 is 5.97 Å². The van der Waals surface area contributed by atoms with E-state index in [-0.39, 0.29) is 18.2 Å². The van der Waals surface area contributed by atoms with Crippen LogP contribution in [-0.2, 0) is 20.8 Å². The lowest BCUT2D eigenvalue weighted by Crippen LogP contribution is -2.54. The van der Waals surface area contributed by atoms with E-state index in [9.17, 15) is 19.5 Å². The van der Waals surface area contributed by atoms with Gasteiger partial charge < -0.3 is 15.7 Å². The van der Waals surface area contributed by atoms with Crippen LogP contribution < -0.4 is 10.6 Å². The average molecular weight is 334 g/mol. The molecular weight excluding hydrogens is 308 g/mol. The van der Waals surface area contributed by atoms with Gasteiger partial charge in [0.1, 0.15) is 12.1 Å². The number of carbonyl (C=O) groups is 3. The van der Waals surface area contributed by atoms with Gasteiger partial charge in [-0.15, -0.1) is 0 Å². The molecule has 2 unspecified atom stereocenters. The van der Waals surface area contributed by atoms with Crippen molar-refractivity contribution in [1.82, 2.24) is 10.6 Å². The van der Waals surface area contributed by atoms with E-state index < -0.39 is 24.0 Å². The molecule has 0 aliphatic carbocycles. The second-order valence-electron chi connectivity index (χ2n) is 6.13. The molecule has 0 heterocycles. The van der Waals surface area contributed by atoms with Gasteiger partial charge in [-0.1, -0.05) is 51.1 Å². The maximum Gasteiger partial charge on any atom is 0.326 e. The number of aliphatic carboxylic acids is 1. The van der Waals surface area contributed by atoms with Crippen LogP contribution in [0.25, 0.3) is 0 Å². The summed E-state index contributed by atoms with van der Waals surface area (Å²) in [5.41, 5.74) is 0.821. The molecule has 6 heteroatoms. The Labute approximate surface area is 142 Å². The van der Waals surface area contributed by atoms with E-state index in [1.54, 1.807) is 0 Å². The number of carboxylic acid groups (broad SMARTS) is 1. The Balaban J connectivity index is 2.77. The molecule has 1 aromatic rings. The summed E-state index contributed by atoms with van der Waals surface area (Å²) in [6.45, 7) is 5.50. The number of nitrogens with one attached hydrogen (secondary N) is 2. The van der Waals surface area contributed by atoms with E-state index in [2.05, 4.69) is 10.6 Å². The molecule has 24 heavy (non-hydrogen) atoms. The van der Waals surface area contributed by atoms with Crippen molar-refractivity contribution in [2.24, 2.45) is 5.92 Å². The highest BCUT2D eigenvalue weighted by atomic mass is 16.4. The Morgan fingerprint density at radius 1 is 1.08 bits per heavy atom. The molecule has 0 radical (unpaired) electrons. The van der Waals surface area contributed by atoms with E-state index >= 15 is 0 Å². The normalized spacial score (nSPS) is 13.2. The summed E-state index contributed by atoms with van der Waals surface area (Å²) >= 11 is 0. The zero-order chi connectivity index (χ0) is 18.1. The molecule has 1 rings (SSSR count). The summed E-state index contributed by atoms with van der Waals surface area (Å²) in [6.07, 6.45) is 1.21. The van der Waals surface area contributed by atoms with Gasteiger partial charge in [-0.3, -0.25) is 9.59 Å². The maximum absolute atomic E-state index is 12.4. The number of hydrogen-bond acceptors (Lipinski definition) is 3. The second-order valence-corrected chi connectivity index (χ2v) is 6.13. The lowest BCUT2D eigenvalue weighted by atomic mass is 10.0. The van der Waals surface area contributed by atoms with Crippen LogP contribution >= 0.6 is 0 Å². The van der Waals surface area contributed by atoms with E-state index in [0.717, 1.165) is 5.56 Å². The molecule has 6 nitrogen and oxygen atoms in total. The first kappa shape index (κ1) is 19.7. The fourth-order valence-electron chi connectivity index (χ4n) is 2.32. The number of amides is 2. The standard InChI is InChI=1S/C18H26N2O4/c1-4-8-15(21)20-16(12(2)3)17(22)19-14(18(23)24)11-13-9-6-5-7-10-13/h5-7,9-10,12,14,16H,4,8,11H2,1-3H3,(H,19,22)(H,20,21)(H,23,24). The summed E-state index contributed by atoms with van der Waals surface area (Å²) in [7, 11) is 0. The number of carbonyl (C=O) groups excluding carboxylic acids is 2. The third kappa shape index (κ3) is 6.40. The Kier molecular flexibility index (Phi) is 7.95. The largest absolute Gasteiger partial charge is 0.480 e. The molecule has 0 saturated heterocycles. The quantitative estimate of drug-likeness (QED) is 0.641. The molecule has 0 aromatic heterocycles. The zero-order valence-electron chi connectivity index (χ0n) is 14.4. The van der Waals surface area contributed by atoms with Crippen molar-refractivity contribution < 1.29 is 19.5 Å². The molecule has 3 N–H and O–H groups in total. The first-order valence-electron chi connectivity index (χ1n) is 8.21. The van der Waals surface area contributed by atoms with Crippen molar-refractivity contribution in [1.29, 1.82) is 0 Å². The molecule has 0 aliphatic rings. The highest BCUT2D eigenvalue weighted by Gasteiger charge is 2.28. The summed E-state index contributed by atoms with van der Waals surface area (Å²) in [5, 5.41) is 14.6. The van der Waals surface area contributed by atoms with Gasteiger partial charge in [0.05, 0.1) is 0 Å². The zero-order valence-corrected chi connectivity index (χ0v) is 14.4. The summed E-state index contributed by atoms with van der Waals surface area (Å²) in [4.78, 5) is 35.7. The number of benzene rings is 1. The summed E-state index contributed by atoms with van der Waals surface area (Å²) in [5.74, 6) is -1.93. The summed E-state index contributed by atoms with van der Waals surface area (Å²) in [6, 6.07) is 7.31. The van der Waals surface area contributed by atoms with E-state index in [0.29, 0.717) is 12.8 Å². The van der Waals surface area contributed by atoms with Crippen molar-refractivity contribution >= 4 is 17.8 Å². The molecule has 0 bridgehead atoms. The van der Waals surface area contributed by atoms with Crippen LogP contribution in [0.5, 0.6) is 0 Å². The minimum absolute atomic E-state index is 0.142. The van der Waals surface area contributed by atoms with Crippen LogP contribution in [0, 0.1) is 5.92 Å². The van der Waals surface area contributed by atoms with Gasteiger partial charge in [0.2, 0.25) is 11.8 Å². The molecule has 0 spiro atoms. The lowest BCUT2D eigenvalue weighted by molar-refractivity contribution is -0.142. The van der Waals surface area contributed by atoms with Crippen LogP contribution in [0.1, 0.15) is 39.2 Å². The maximum atomic E-state index is 12.4. The van der Waals surface area contributed by atoms with Crippen LogP contribution in [0.15, 0.2) is 30.3 Å². The first-order chi connectivity index (χ1) is 11.3. The van der Waals surface area contributed by atoms with Crippen LogP contribution in [0.3, 0.4) is 0 Å². The highest BCUT2D eigenvalue weighted by Crippen LogP contribution is 2.07. The molecule has 132 valence electrons. The van der Waals surface area contributed by atoms with E-state index in [1.807, 2.05) is 51.1 Å². The Hall–Kier alpha value is -2.37. The van der Waals surface area contributed by atoms with Gasteiger partial charge in [0, 0.05) is 12.8 Å². The van der Waals surface area contributed by atoms with Crippen molar-refractivity contribution in [3.63, 3.8) is 0 Å². The van der Waals surface area contributed by atoms with Gasteiger partial charge in [0.15, 0.2) is 0 Å². The molecule has 2 amide bonds.